The number of nitrogens with two attached hydrogens (primary N) is 1. The number of nitrogens with one attached hydrogen (secondary N) is 1. The predicted molar refractivity (Wildman–Crippen MR) is 58.5 cm³/mol. The van der Waals surface area contributed by atoms with Crippen LogP contribution in [0.5, 0.6) is 5.75 Å². The fourth-order valence-electron chi connectivity index (χ4n) is 1.06. The minimum Gasteiger partial charge on any atom is -0.496 e. The Balaban J connectivity index is 3.24. The molecule has 0 unspecified atom stereocenters. The van der Waals surface area contributed by atoms with Crippen LogP contribution in [0.2, 0.25) is 0 Å². The largest absolute Gasteiger partial charge is 0.496 e. The average Bonchev–Trinajstić information content (AvgIpc) is 2.17. The third-order valence-electron chi connectivity index (χ3n) is 1.80. The highest BCUT2D eigenvalue weighted by atomic mass is 79.9. The number of anilines is 1. The molecule has 3 N–H and O–H groups in total. The molecule has 0 fully saturated rings. The van der Waals surface area contributed by atoms with E-state index < -0.39 is 0 Å². The van der Waals surface area contributed by atoms with E-state index in [4.69, 9.17) is 10.5 Å². The second kappa shape index (κ2) is 4.32. The van der Waals surface area contributed by atoms with E-state index in [1.54, 1.807) is 19.2 Å². The van der Waals surface area contributed by atoms with Crippen LogP contribution in [0.4, 0.5) is 5.69 Å². The molecule has 0 atom stereocenters. The maximum atomic E-state index is 11.4. The van der Waals surface area contributed by atoms with E-state index >= 15 is 0 Å². The van der Waals surface area contributed by atoms with Crippen molar-refractivity contribution in [3.8, 4) is 5.75 Å². The van der Waals surface area contributed by atoms with Gasteiger partial charge in [0.25, 0.3) is 5.91 Å². The maximum absolute atomic E-state index is 11.4. The molecule has 0 spiro atoms. The van der Waals surface area contributed by atoms with Crippen molar-refractivity contribution in [2.75, 3.05) is 19.9 Å². The van der Waals surface area contributed by atoms with Crippen LogP contribution in [0.3, 0.4) is 0 Å². The van der Waals surface area contributed by atoms with Crippen LogP contribution in [-0.4, -0.2) is 20.1 Å². The van der Waals surface area contributed by atoms with Gasteiger partial charge in [0, 0.05) is 12.7 Å². The number of carbonyl (C=O) groups excluding carboxylic acids is 1. The lowest BCUT2D eigenvalue weighted by molar-refractivity contribution is 0.0963. The Kier molecular flexibility index (Phi) is 3.35. The van der Waals surface area contributed by atoms with Crippen LogP contribution in [0.15, 0.2) is 16.6 Å². The predicted octanol–water partition coefficient (Wildman–Crippen LogP) is 1.40. The highest BCUT2D eigenvalue weighted by molar-refractivity contribution is 9.10. The maximum Gasteiger partial charge on any atom is 0.253 e. The first-order chi connectivity index (χ1) is 6.60. The second-order valence-electron chi connectivity index (χ2n) is 2.65. The SMILES string of the molecule is CNC(=O)c1cc(OC)c(Br)cc1N. The number of hydrogen-bond acceptors (Lipinski definition) is 3. The summed E-state index contributed by atoms with van der Waals surface area (Å²) in [6.07, 6.45) is 0. The first kappa shape index (κ1) is 10.8. The van der Waals surface area contributed by atoms with E-state index in [0.29, 0.717) is 17.0 Å². The van der Waals surface area contributed by atoms with Gasteiger partial charge >= 0.3 is 0 Å². The Morgan fingerprint density at radius 2 is 2.21 bits per heavy atom. The van der Waals surface area contributed by atoms with Crippen molar-refractivity contribution >= 4 is 27.5 Å². The van der Waals surface area contributed by atoms with Gasteiger partial charge in [-0.2, -0.15) is 0 Å². The molecule has 5 heteroatoms. The molecule has 0 aromatic heterocycles. The Morgan fingerprint density at radius 3 is 2.71 bits per heavy atom. The van der Waals surface area contributed by atoms with E-state index in [-0.39, 0.29) is 5.91 Å². The Bertz CT molecular complexity index is 366. The molecule has 0 saturated heterocycles. The summed E-state index contributed by atoms with van der Waals surface area (Å²) in [5.41, 5.74) is 6.50. The molecule has 1 aromatic carbocycles. The quantitative estimate of drug-likeness (QED) is 0.789. The van der Waals surface area contributed by atoms with Crippen LogP contribution >= 0.6 is 15.9 Å². The van der Waals surface area contributed by atoms with Gasteiger partial charge < -0.3 is 15.8 Å². The van der Waals surface area contributed by atoms with E-state index in [1.165, 1.54) is 7.11 Å². The lowest BCUT2D eigenvalue weighted by atomic mass is 10.1. The first-order valence-corrected chi connectivity index (χ1v) is 4.74. The lowest BCUT2D eigenvalue weighted by Crippen LogP contribution is -2.19. The molecule has 76 valence electrons. The summed E-state index contributed by atoms with van der Waals surface area (Å²) in [4.78, 5) is 11.4. The monoisotopic (exact) mass is 258 g/mol. The fraction of sp³-hybridized carbons (Fsp3) is 0.222. The van der Waals surface area contributed by atoms with E-state index in [2.05, 4.69) is 21.2 Å². The van der Waals surface area contributed by atoms with E-state index in [9.17, 15) is 4.79 Å². The second-order valence-corrected chi connectivity index (χ2v) is 3.51. The number of nitrogen functional groups attached to an aromatic ring is 1. The third-order valence-corrected chi connectivity index (χ3v) is 2.42. The smallest absolute Gasteiger partial charge is 0.253 e. The molecule has 1 amide bonds. The van der Waals surface area contributed by atoms with Gasteiger partial charge in [-0.15, -0.1) is 0 Å². The number of hydrogen-bond donors (Lipinski definition) is 2. The highest BCUT2D eigenvalue weighted by Crippen LogP contribution is 2.29. The Hall–Kier alpha value is -1.23. The number of methoxy groups -OCH3 is 1. The zero-order valence-corrected chi connectivity index (χ0v) is 9.51. The molecule has 4 nitrogen and oxygen atoms in total. The van der Waals surface area contributed by atoms with Crippen molar-refractivity contribution in [3.05, 3.63) is 22.2 Å². The minimum atomic E-state index is -0.228. The summed E-state index contributed by atoms with van der Waals surface area (Å²) in [5.74, 6) is 0.353. The summed E-state index contributed by atoms with van der Waals surface area (Å²) < 4.78 is 5.78. The molecular formula is C9H11BrN2O2. The summed E-state index contributed by atoms with van der Waals surface area (Å²) in [6.45, 7) is 0. The van der Waals surface area contributed by atoms with Gasteiger partial charge in [-0.05, 0) is 28.1 Å². The summed E-state index contributed by atoms with van der Waals surface area (Å²) in [7, 11) is 3.08. The lowest BCUT2D eigenvalue weighted by Gasteiger charge is -2.08. The molecular weight excluding hydrogens is 248 g/mol. The van der Waals surface area contributed by atoms with E-state index in [0.717, 1.165) is 4.47 Å². The van der Waals surface area contributed by atoms with Gasteiger partial charge in [0.05, 0.1) is 17.1 Å². The third kappa shape index (κ3) is 1.98. The highest BCUT2D eigenvalue weighted by Gasteiger charge is 2.11. The van der Waals surface area contributed by atoms with Crippen molar-refractivity contribution in [3.63, 3.8) is 0 Å². The Morgan fingerprint density at radius 1 is 1.57 bits per heavy atom. The van der Waals surface area contributed by atoms with Crippen molar-refractivity contribution in [2.45, 2.75) is 0 Å². The van der Waals surface area contributed by atoms with Gasteiger partial charge in [-0.25, -0.2) is 0 Å². The van der Waals surface area contributed by atoms with Gasteiger partial charge in [0.2, 0.25) is 0 Å². The fourth-order valence-corrected chi connectivity index (χ4v) is 1.58. The topological polar surface area (TPSA) is 64.3 Å². The molecule has 0 heterocycles. The van der Waals surface area contributed by atoms with Crippen LogP contribution in [-0.2, 0) is 0 Å². The summed E-state index contributed by atoms with van der Waals surface area (Å²) in [6, 6.07) is 3.24. The molecule has 0 aliphatic carbocycles. The number of rotatable bonds is 2. The van der Waals surface area contributed by atoms with Crippen LogP contribution < -0.4 is 15.8 Å². The number of carbonyl (C=O) groups is 1. The summed E-state index contributed by atoms with van der Waals surface area (Å²) >= 11 is 3.28. The van der Waals surface area contributed by atoms with Crippen LogP contribution in [0.25, 0.3) is 0 Å². The van der Waals surface area contributed by atoms with Crippen LogP contribution in [0.1, 0.15) is 10.4 Å². The van der Waals surface area contributed by atoms with Crippen molar-refractivity contribution in [2.24, 2.45) is 0 Å². The average molecular weight is 259 g/mol. The molecule has 0 radical (unpaired) electrons. The molecule has 1 rings (SSSR count). The molecule has 0 aliphatic heterocycles. The molecule has 1 aromatic rings. The van der Waals surface area contributed by atoms with E-state index in [1.807, 2.05) is 0 Å². The molecule has 0 aliphatic rings. The summed E-state index contributed by atoms with van der Waals surface area (Å²) in [5, 5.41) is 2.50. The first-order valence-electron chi connectivity index (χ1n) is 3.95. The Labute approximate surface area is 90.6 Å². The van der Waals surface area contributed by atoms with Gasteiger partial charge in [0.1, 0.15) is 5.75 Å². The standard InChI is InChI=1S/C9H11BrN2O2/c1-12-9(13)5-3-8(14-2)6(10)4-7(5)11/h3-4H,11H2,1-2H3,(H,12,13). The molecule has 14 heavy (non-hydrogen) atoms. The normalized spacial score (nSPS) is 9.64. The van der Waals surface area contributed by atoms with Crippen LogP contribution in [0, 0.1) is 0 Å². The van der Waals surface area contributed by atoms with Gasteiger partial charge in [0.15, 0.2) is 0 Å². The number of ether oxygens (including phenoxy) is 1. The van der Waals surface area contributed by atoms with Gasteiger partial charge in [-0.1, -0.05) is 0 Å². The number of benzene rings is 1. The number of amides is 1. The number of halogens is 1. The van der Waals surface area contributed by atoms with Crippen molar-refractivity contribution in [1.82, 2.24) is 5.32 Å². The molecule has 0 saturated carbocycles. The van der Waals surface area contributed by atoms with Gasteiger partial charge in [-0.3, -0.25) is 4.79 Å². The minimum absolute atomic E-state index is 0.228. The zero-order chi connectivity index (χ0) is 10.7. The van der Waals surface area contributed by atoms with Crippen molar-refractivity contribution in [1.29, 1.82) is 0 Å². The zero-order valence-electron chi connectivity index (χ0n) is 7.93. The van der Waals surface area contributed by atoms with Crippen molar-refractivity contribution < 1.29 is 9.53 Å². The molecule has 0 bridgehead atoms.